The Bertz CT molecular complexity index is 821. The number of aromatic nitrogens is 2. The first-order valence-corrected chi connectivity index (χ1v) is 6.40. The number of benzene rings is 2. The third-order valence-electron chi connectivity index (χ3n) is 2.82. The SMILES string of the molecule is C#Cc1cccc(Nc2nc3ccccc3nc2Cl)c1. The quantitative estimate of drug-likeness (QED) is 0.720. The monoisotopic (exact) mass is 279 g/mol. The van der Waals surface area contributed by atoms with Crippen LogP contribution in [-0.2, 0) is 0 Å². The van der Waals surface area contributed by atoms with Gasteiger partial charge in [0, 0.05) is 11.3 Å². The van der Waals surface area contributed by atoms with Crippen molar-refractivity contribution in [3.8, 4) is 12.3 Å². The number of halogens is 1. The van der Waals surface area contributed by atoms with Gasteiger partial charge in [-0.05, 0) is 30.3 Å². The molecule has 3 aromatic rings. The van der Waals surface area contributed by atoms with Crippen LogP contribution >= 0.6 is 11.6 Å². The number of terminal acetylenes is 1. The van der Waals surface area contributed by atoms with Crippen molar-refractivity contribution >= 4 is 34.1 Å². The van der Waals surface area contributed by atoms with Gasteiger partial charge in [-0.3, -0.25) is 0 Å². The van der Waals surface area contributed by atoms with E-state index in [2.05, 4.69) is 21.2 Å². The van der Waals surface area contributed by atoms with E-state index in [9.17, 15) is 0 Å². The number of anilines is 2. The summed E-state index contributed by atoms with van der Waals surface area (Å²) in [6, 6.07) is 15.1. The molecule has 0 aliphatic carbocycles. The van der Waals surface area contributed by atoms with Crippen LogP contribution in [0, 0.1) is 12.3 Å². The molecule has 0 bridgehead atoms. The molecule has 1 aromatic heterocycles. The van der Waals surface area contributed by atoms with E-state index < -0.39 is 0 Å². The molecule has 2 aromatic carbocycles. The van der Waals surface area contributed by atoms with Crippen molar-refractivity contribution in [1.29, 1.82) is 0 Å². The average molecular weight is 280 g/mol. The highest BCUT2D eigenvalue weighted by Crippen LogP contribution is 2.24. The second-order valence-electron chi connectivity index (χ2n) is 4.20. The molecule has 0 unspecified atom stereocenters. The van der Waals surface area contributed by atoms with Gasteiger partial charge < -0.3 is 5.32 Å². The molecule has 1 heterocycles. The van der Waals surface area contributed by atoms with Gasteiger partial charge in [-0.1, -0.05) is 35.7 Å². The average Bonchev–Trinajstić information content (AvgIpc) is 2.48. The van der Waals surface area contributed by atoms with Crippen molar-refractivity contribution in [3.05, 3.63) is 59.2 Å². The lowest BCUT2D eigenvalue weighted by Crippen LogP contribution is -1.97. The van der Waals surface area contributed by atoms with Crippen LogP contribution in [0.25, 0.3) is 11.0 Å². The highest BCUT2D eigenvalue weighted by molar-refractivity contribution is 6.32. The lowest BCUT2D eigenvalue weighted by Gasteiger charge is -2.08. The highest BCUT2D eigenvalue weighted by atomic mass is 35.5. The maximum atomic E-state index is 6.15. The van der Waals surface area contributed by atoms with Crippen LogP contribution in [0.4, 0.5) is 11.5 Å². The Kier molecular flexibility index (Phi) is 3.24. The Morgan fingerprint density at radius 1 is 1.00 bits per heavy atom. The van der Waals surface area contributed by atoms with Gasteiger partial charge in [-0.25, -0.2) is 9.97 Å². The fourth-order valence-electron chi connectivity index (χ4n) is 1.88. The van der Waals surface area contributed by atoms with Crippen molar-refractivity contribution in [1.82, 2.24) is 9.97 Å². The van der Waals surface area contributed by atoms with E-state index in [1.165, 1.54) is 0 Å². The molecule has 0 aliphatic heterocycles. The molecule has 0 amide bonds. The van der Waals surface area contributed by atoms with E-state index in [1.807, 2.05) is 48.5 Å². The molecule has 0 saturated heterocycles. The van der Waals surface area contributed by atoms with E-state index in [1.54, 1.807) is 0 Å². The van der Waals surface area contributed by atoms with Gasteiger partial charge in [0.15, 0.2) is 11.0 Å². The van der Waals surface area contributed by atoms with Crippen LogP contribution in [0.15, 0.2) is 48.5 Å². The number of hydrogen-bond donors (Lipinski definition) is 1. The minimum atomic E-state index is 0.329. The van der Waals surface area contributed by atoms with Crippen LogP contribution in [-0.4, -0.2) is 9.97 Å². The topological polar surface area (TPSA) is 37.8 Å². The normalized spacial score (nSPS) is 10.2. The fourth-order valence-corrected chi connectivity index (χ4v) is 2.06. The largest absolute Gasteiger partial charge is 0.338 e. The van der Waals surface area contributed by atoms with Gasteiger partial charge >= 0.3 is 0 Å². The molecule has 20 heavy (non-hydrogen) atoms. The second-order valence-corrected chi connectivity index (χ2v) is 4.56. The summed E-state index contributed by atoms with van der Waals surface area (Å²) in [5, 5.41) is 3.47. The van der Waals surface area contributed by atoms with Crippen molar-refractivity contribution in [2.75, 3.05) is 5.32 Å². The van der Waals surface area contributed by atoms with Crippen LogP contribution in [0.1, 0.15) is 5.56 Å². The van der Waals surface area contributed by atoms with Gasteiger partial charge in [-0.15, -0.1) is 6.42 Å². The van der Waals surface area contributed by atoms with Crippen molar-refractivity contribution in [3.63, 3.8) is 0 Å². The smallest absolute Gasteiger partial charge is 0.172 e. The van der Waals surface area contributed by atoms with Gasteiger partial charge in [0.2, 0.25) is 0 Å². The van der Waals surface area contributed by atoms with Crippen molar-refractivity contribution in [2.45, 2.75) is 0 Å². The standard InChI is InChI=1S/C16H10ClN3/c1-2-11-6-5-7-12(10-11)18-16-15(17)19-13-8-3-4-9-14(13)20-16/h1,3-10H,(H,18,20). The fraction of sp³-hybridized carbons (Fsp3) is 0. The summed E-state index contributed by atoms with van der Waals surface area (Å²) in [6.07, 6.45) is 5.38. The summed E-state index contributed by atoms with van der Waals surface area (Å²) >= 11 is 6.15. The zero-order valence-corrected chi connectivity index (χ0v) is 11.2. The minimum absolute atomic E-state index is 0.329. The van der Waals surface area contributed by atoms with Crippen molar-refractivity contribution in [2.24, 2.45) is 0 Å². The summed E-state index contributed by atoms with van der Waals surface area (Å²) in [4.78, 5) is 8.78. The Labute approximate surface area is 121 Å². The first kappa shape index (κ1) is 12.5. The summed E-state index contributed by atoms with van der Waals surface area (Å²) < 4.78 is 0. The number of nitrogens with zero attached hydrogens (tertiary/aromatic N) is 2. The summed E-state index contributed by atoms with van der Waals surface area (Å²) in [5.41, 5.74) is 3.17. The number of para-hydroxylation sites is 2. The molecular formula is C16H10ClN3. The molecule has 3 rings (SSSR count). The third kappa shape index (κ3) is 2.42. The highest BCUT2D eigenvalue weighted by Gasteiger charge is 2.07. The van der Waals surface area contributed by atoms with E-state index in [0.29, 0.717) is 11.0 Å². The van der Waals surface area contributed by atoms with E-state index >= 15 is 0 Å². The maximum Gasteiger partial charge on any atom is 0.172 e. The Morgan fingerprint density at radius 2 is 1.75 bits per heavy atom. The Balaban J connectivity index is 2.01. The van der Waals surface area contributed by atoms with Gasteiger partial charge in [0.05, 0.1) is 11.0 Å². The minimum Gasteiger partial charge on any atom is -0.338 e. The van der Waals surface area contributed by atoms with Crippen LogP contribution in [0.5, 0.6) is 0 Å². The predicted molar refractivity (Wildman–Crippen MR) is 82.2 cm³/mol. The molecule has 0 saturated carbocycles. The number of hydrogen-bond acceptors (Lipinski definition) is 3. The molecular weight excluding hydrogens is 270 g/mol. The van der Waals surface area contributed by atoms with E-state index in [-0.39, 0.29) is 0 Å². The number of fused-ring (bicyclic) bond motifs is 1. The first-order chi connectivity index (χ1) is 9.76. The van der Waals surface area contributed by atoms with Gasteiger partial charge in [0.25, 0.3) is 0 Å². The van der Waals surface area contributed by atoms with Gasteiger partial charge in [0.1, 0.15) is 0 Å². The molecule has 0 fully saturated rings. The zero-order chi connectivity index (χ0) is 13.9. The molecule has 0 radical (unpaired) electrons. The maximum absolute atomic E-state index is 6.15. The van der Waals surface area contributed by atoms with E-state index in [0.717, 1.165) is 22.3 Å². The van der Waals surface area contributed by atoms with Gasteiger partial charge in [-0.2, -0.15) is 0 Å². The summed E-state index contributed by atoms with van der Waals surface area (Å²) in [7, 11) is 0. The Hall–Kier alpha value is -2.57. The van der Waals surface area contributed by atoms with E-state index in [4.69, 9.17) is 18.0 Å². The zero-order valence-electron chi connectivity index (χ0n) is 10.5. The van der Waals surface area contributed by atoms with Crippen LogP contribution in [0.3, 0.4) is 0 Å². The third-order valence-corrected chi connectivity index (χ3v) is 3.08. The molecule has 96 valence electrons. The summed E-state index contributed by atoms with van der Waals surface area (Å²) in [6.45, 7) is 0. The molecule has 0 spiro atoms. The van der Waals surface area contributed by atoms with Crippen LogP contribution in [0.2, 0.25) is 5.15 Å². The summed E-state index contributed by atoms with van der Waals surface area (Å²) in [5.74, 6) is 3.10. The molecule has 0 atom stereocenters. The molecule has 0 aliphatic rings. The number of rotatable bonds is 2. The second kappa shape index (κ2) is 5.20. The van der Waals surface area contributed by atoms with Crippen molar-refractivity contribution < 1.29 is 0 Å². The predicted octanol–water partition coefficient (Wildman–Crippen LogP) is 4.01. The lowest BCUT2D eigenvalue weighted by atomic mass is 10.2. The number of nitrogens with one attached hydrogen (secondary N) is 1. The molecule has 1 N–H and O–H groups in total. The molecule has 3 nitrogen and oxygen atoms in total. The lowest BCUT2D eigenvalue weighted by molar-refractivity contribution is 1.28. The molecule has 4 heteroatoms. The Morgan fingerprint density at radius 3 is 2.50 bits per heavy atom. The van der Waals surface area contributed by atoms with Crippen LogP contribution < -0.4 is 5.32 Å². The first-order valence-electron chi connectivity index (χ1n) is 6.02.